The van der Waals surface area contributed by atoms with Crippen molar-refractivity contribution >= 4 is 17.5 Å². The SMILES string of the molecule is Cc1oc(-c2ccc(Cl)cc2)nc1CN1CCC(C(=O)N[C@@H]2CCC[C@@H](C)[C@@H]2C)CC1. The number of aromatic nitrogens is 1. The number of carbonyl (C=O) groups excluding carboxylic acids is 1. The summed E-state index contributed by atoms with van der Waals surface area (Å²) in [7, 11) is 0. The zero-order valence-electron chi connectivity index (χ0n) is 18.9. The highest BCUT2D eigenvalue weighted by atomic mass is 35.5. The third kappa shape index (κ3) is 5.32. The second-order valence-electron chi connectivity index (χ2n) is 9.46. The number of amides is 1. The highest BCUT2D eigenvalue weighted by molar-refractivity contribution is 6.30. The van der Waals surface area contributed by atoms with Gasteiger partial charge in [0.25, 0.3) is 0 Å². The number of nitrogens with one attached hydrogen (secondary N) is 1. The largest absolute Gasteiger partial charge is 0.441 e. The number of piperidine rings is 1. The number of hydrogen-bond donors (Lipinski definition) is 1. The molecule has 1 saturated heterocycles. The first-order valence-corrected chi connectivity index (χ1v) is 12.0. The van der Waals surface area contributed by atoms with E-state index >= 15 is 0 Å². The van der Waals surface area contributed by atoms with Gasteiger partial charge in [0.05, 0.1) is 5.69 Å². The van der Waals surface area contributed by atoms with Gasteiger partial charge < -0.3 is 9.73 Å². The van der Waals surface area contributed by atoms with Crippen LogP contribution in [0, 0.1) is 24.7 Å². The van der Waals surface area contributed by atoms with Gasteiger partial charge in [-0.2, -0.15) is 0 Å². The van der Waals surface area contributed by atoms with E-state index < -0.39 is 0 Å². The molecule has 168 valence electrons. The van der Waals surface area contributed by atoms with Crippen molar-refractivity contribution in [1.82, 2.24) is 15.2 Å². The Labute approximate surface area is 190 Å². The zero-order chi connectivity index (χ0) is 22.0. The van der Waals surface area contributed by atoms with Crippen LogP contribution >= 0.6 is 11.6 Å². The summed E-state index contributed by atoms with van der Waals surface area (Å²) >= 11 is 5.98. The standard InChI is InChI=1S/C25H34ClN3O2/c1-16-5-4-6-22(17(16)2)27-24(30)19-11-13-29(14-12-19)15-23-18(3)31-25(28-23)20-7-9-21(26)10-8-20/h7-10,16-17,19,22H,4-6,11-15H2,1-3H3,(H,27,30)/t16-,17+,22-/m1/s1. The summed E-state index contributed by atoms with van der Waals surface area (Å²) in [5.41, 5.74) is 1.90. The molecule has 0 bridgehead atoms. The molecule has 0 spiro atoms. The lowest BCUT2D eigenvalue weighted by Gasteiger charge is -2.36. The first-order chi connectivity index (χ1) is 14.9. The summed E-state index contributed by atoms with van der Waals surface area (Å²) in [4.78, 5) is 20.0. The number of aryl methyl sites for hydroxylation is 1. The summed E-state index contributed by atoms with van der Waals surface area (Å²) in [6.45, 7) is 9.15. The Balaban J connectivity index is 1.29. The van der Waals surface area contributed by atoms with E-state index in [1.54, 1.807) is 0 Å². The quantitative estimate of drug-likeness (QED) is 0.666. The molecule has 1 saturated carbocycles. The number of rotatable bonds is 5. The fourth-order valence-corrected chi connectivity index (χ4v) is 5.07. The van der Waals surface area contributed by atoms with E-state index in [9.17, 15) is 4.79 Å². The second kappa shape index (κ2) is 9.74. The first-order valence-electron chi connectivity index (χ1n) is 11.7. The molecule has 4 rings (SSSR count). The van der Waals surface area contributed by atoms with Gasteiger partial charge in [-0.05, 0) is 75.4 Å². The normalized spacial score (nSPS) is 25.5. The van der Waals surface area contributed by atoms with Gasteiger partial charge in [0.15, 0.2) is 0 Å². The van der Waals surface area contributed by atoms with Gasteiger partial charge >= 0.3 is 0 Å². The molecular formula is C25H34ClN3O2. The lowest BCUT2D eigenvalue weighted by atomic mass is 9.78. The summed E-state index contributed by atoms with van der Waals surface area (Å²) < 4.78 is 5.90. The fraction of sp³-hybridized carbons (Fsp3) is 0.600. The molecule has 2 fully saturated rings. The molecule has 0 unspecified atom stereocenters. The minimum Gasteiger partial charge on any atom is -0.441 e. The third-order valence-corrected chi connectivity index (χ3v) is 7.60. The van der Waals surface area contributed by atoms with Crippen molar-refractivity contribution < 1.29 is 9.21 Å². The van der Waals surface area contributed by atoms with Gasteiger partial charge in [-0.25, -0.2) is 4.98 Å². The van der Waals surface area contributed by atoms with Crippen LogP contribution in [0.15, 0.2) is 28.7 Å². The van der Waals surface area contributed by atoms with Gasteiger partial charge in [-0.1, -0.05) is 38.3 Å². The molecule has 1 aromatic heterocycles. The molecule has 0 radical (unpaired) electrons. The van der Waals surface area contributed by atoms with Crippen LogP contribution in [0.3, 0.4) is 0 Å². The van der Waals surface area contributed by atoms with E-state index in [1.165, 1.54) is 12.8 Å². The highest BCUT2D eigenvalue weighted by Gasteiger charge is 2.31. The molecule has 1 N–H and O–H groups in total. The molecule has 5 nitrogen and oxygen atoms in total. The van der Waals surface area contributed by atoms with Crippen molar-refractivity contribution in [3.8, 4) is 11.5 Å². The first kappa shape index (κ1) is 22.3. The van der Waals surface area contributed by atoms with E-state index in [0.29, 0.717) is 28.8 Å². The summed E-state index contributed by atoms with van der Waals surface area (Å²) in [6, 6.07) is 7.89. The lowest BCUT2D eigenvalue weighted by Crippen LogP contribution is -2.48. The Morgan fingerprint density at radius 2 is 1.87 bits per heavy atom. The average molecular weight is 444 g/mol. The maximum Gasteiger partial charge on any atom is 0.226 e. The number of benzene rings is 1. The molecule has 2 heterocycles. The number of carbonyl (C=O) groups is 1. The van der Waals surface area contributed by atoms with Crippen molar-refractivity contribution in [3.05, 3.63) is 40.7 Å². The average Bonchev–Trinajstić information content (AvgIpc) is 3.12. The predicted octanol–water partition coefficient (Wildman–Crippen LogP) is 5.46. The van der Waals surface area contributed by atoms with Crippen molar-refractivity contribution in [3.63, 3.8) is 0 Å². The molecule has 2 aromatic rings. The van der Waals surface area contributed by atoms with Gasteiger partial charge in [0.1, 0.15) is 5.76 Å². The van der Waals surface area contributed by atoms with Crippen molar-refractivity contribution in [2.24, 2.45) is 17.8 Å². The van der Waals surface area contributed by atoms with Crippen molar-refractivity contribution in [2.45, 2.75) is 65.5 Å². The van der Waals surface area contributed by atoms with E-state index in [0.717, 1.165) is 55.9 Å². The third-order valence-electron chi connectivity index (χ3n) is 7.35. The van der Waals surface area contributed by atoms with Crippen LogP contribution in [0.25, 0.3) is 11.5 Å². The maximum atomic E-state index is 12.9. The Kier molecular flexibility index (Phi) is 7.02. The monoisotopic (exact) mass is 443 g/mol. The van der Waals surface area contributed by atoms with Crippen LogP contribution in [-0.2, 0) is 11.3 Å². The molecule has 1 aromatic carbocycles. The fourth-order valence-electron chi connectivity index (χ4n) is 4.94. The Morgan fingerprint density at radius 3 is 2.58 bits per heavy atom. The molecular weight excluding hydrogens is 410 g/mol. The van der Waals surface area contributed by atoms with Crippen LogP contribution in [0.1, 0.15) is 57.4 Å². The molecule has 31 heavy (non-hydrogen) atoms. The van der Waals surface area contributed by atoms with Crippen LogP contribution in [-0.4, -0.2) is 34.9 Å². The summed E-state index contributed by atoms with van der Waals surface area (Å²) in [5.74, 6) is 3.14. The summed E-state index contributed by atoms with van der Waals surface area (Å²) in [5, 5.41) is 4.07. The molecule has 1 amide bonds. The highest BCUT2D eigenvalue weighted by Crippen LogP contribution is 2.30. The molecule has 2 aliphatic rings. The number of hydrogen-bond acceptors (Lipinski definition) is 4. The van der Waals surface area contributed by atoms with Crippen LogP contribution in [0.5, 0.6) is 0 Å². The topological polar surface area (TPSA) is 58.4 Å². The molecule has 3 atom stereocenters. The minimum atomic E-state index is 0.128. The van der Waals surface area contributed by atoms with Gasteiger partial charge in [0, 0.05) is 29.1 Å². The number of nitrogens with zero attached hydrogens (tertiary/aromatic N) is 2. The van der Waals surface area contributed by atoms with E-state index in [-0.39, 0.29) is 11.8 Å². The smallest absolute Gasteiger partial charge is 0.226 e. The predicted molar refractivity (Wildman–Crippen MR) is 124 cm³/mol. The van der Waals surface area contributed by atoms with Gasteiger partial charge in [0.2, 0.25) is 11.8 Å². The summed E-state index contributed by atoms with van der Waals surface area (Å²) in [6.07, 6.45) is 5.45. The van der Waals surface area contributed by atoms with E-state index in [2.05, 4.69) is 24.1 Å². The number of likely N-dealkylation sites (tertiary alicyclic amines) is 1. The van der Waals surface area contributed by atoms with Crippen LogP contribution in [0.4, 0.5) is 0 Å². The number of halogens is 1. The minimum absolute atomic E-state index is 0.128. The van der Waals surface area contributed by atoms with Crippen LogP contribution in [0.2, 0.25) is 5.02 Å². The van der Waals surface area contributed by atoms with Crippen molar-refractivity contribution in [1.29, 1.82) is 0 Å². The molecule has 6 heteroatoms. The Morgan fingerprint density at radius 1 is 1.16 bits per heavy atom. The van der Waals surface area contributed by atoms with Crippen molar-refractivity contribution in [2.75, 3.05) is 13.1 Å². The number of oxazole rings is 1. The second-order valence-corrected chi connectivity index (χ2v) is 9.90. The molecule has 1 aliphatic carbocycles. The van der Waals surface area contributed by atoms with Gasteiger partial charge in [-0.3, -0.25) is 9.69 Å². The Bertz CT molecular complexity index is 887. The lowest BCUT2D eigenvalue weighted by molar-refractivity contribution is -0.128. The van der Waals surface area contributed by atoms with Gasteiger partial charge in [-0.15, -0.1) is 0 Å². The zero-order valence-corrected chi connectivity index (χ0v) is 19.6. The van der Waals surface area contributed by atoms with E-state index in [1.807, 2.05) is 31.2 Å². The van der Waals surface area contributed by atoms with E-state index in [4.69, 9.17) is 21.0 Å². The maximum absolute atomic E-state index is 12.9. The van der Waals surface area contributed by atoms with Crippen LogP contribution < -0.4 is 5.32 Å². The Hall–Kier alpha value is -1.85. The molecule has 1 aliphatic heterocycles.